The fourth-order valence-corrected chi connectivity index (χ4v) is 3.45. The number of nitrogens with zero attached hydrogens (tertiary/aromatic N) is 1. The Labute approximate surface area is 162 Å². The van der Waals surface area contributed by atoms with Crippen molar-refractivity contribution in [2.45, 2.75) is 25.9 Å². The molecule has 0 unspecified atom stereocenters. The van der Waals surface area contributed by atoms with E-state index >= 15 is 0 Å². The first-order chi connectivity index (χ1) is 12.8. The van der Waals surface area contributed by atoms with E-state index in [1.807, 2.05) is 27.9 Å². The lowest BCUT2D eigenvalue weighted by atomic mass is 10.0. The molecule has 1 aromatic carbocycles. The summed E-state index contributed by atoms with van der Waals surface area (Å²) in [4.78, 5) is 29.1. The van der Waals surface area contributed by atoms with Gasteiger partial charge in [0, 0.05) is 31.4 Å². The van der Waals surface area contributed by atoms with Crippen molar-refractivity contribution in [3.63, 3.8) is 0 Å². The first-order valence-electron chi connectivity index (χ1n) is 9.79. The summed E-state index contributed by atoms with van der Waals surface area (Å²) in [5.74, 6) is -1.12. The topological polar surface area (TPSA) is 70.3 Å². The van der Waals surface area contributed by atoms with Crippen molar-refractivity contribution in [3.8, 4) is 0 Å². The van der Waals surface area contributed by atoms with Gasteiger partial charge in [0.25, 0.3) is 0 Å². The predicted molar refractivity (Wildman–Crippen MR) is 107 cm³/mol. The van der Waals surface area contributed by atoms with Gasteiger partial charge in [-0.1, -0.05) is 12.1 Å². The molecule has 2 amide bonds. The number of piperazine rings is 1. The number of hydrogen-bond donors (Lipinski definition) is 4. The Morgan fingerprint density at radius 1 is 1.04 bits per heavy atom. The van der Waals surface area contributed by atoms with Crippen molar-refractivity contribution < 1.29 is 19.4 Å². The molecule has 1 aliphatic rings. The van der Waals surface area contributed by atoms with E-state index in [2.05, 4.69) is 46.8 Å². The summed E-state index contributed by atoms with van der Waals surface area (Å²) in [6, 6.07) is 8.58. The van der Waals surface area contributed by atoms with Gasteiger partial charge in [-0.15, -0.1) is 0 Å². The Morgan fingerprint density at radius 2 is 1.63 bits per heavy atom. The lowest BCUT2D eigenvalue weighted by Crippen LogP contribution is -3.27. The molecule has 1 saturated heterocycles. The quantitative estimate of drug-likeness (QED) is 0.427. The minimum Gasteiger partial charge on any atom is -0.378 e. The maximum Gasteiger partial charge on any atom is 0.309 e. The third kappa shape index (κ3) is 6.22. The molecule has 27 heavy (non-hydrogen) atoms. The van der Waals surface area contributed by atoms with E-state index < -0.39 is 11.8 Å². The van der Waals surface area contributed by atoms with Crippen molar-refractivity contribution in [2.24, 2.45) is 0 Å². The van der Waals surface area contributed by atoms with Crippen LogP contribution in [0.4, 0.5) is 5.69 Å². The average molecular weight is 378 g/mol. The van der Waals surface area contributed by atoms with Crippen LogP contribution in [0.5, 0.6) is 0 Å². The van der Waals surface area contributed by atoms with Crippen LogP contribution < -0.4 is 25.3 Å². The second-order valence-electron chi connectivity index (χ2n) is 7.99. The molecule has 0 saturated carbocycles. The summed E-state index contributed by atoms with van der Waals surface area (Å²) < 4.78 is 0. The zero-order valence-electron chi connectivity index (χ0n) is 17.3. The Balaban J connectivity index is 2.10. The molecule has 1 atom stereocenters. The molecule has 7 heteroatoms. The number of anilines is 1. The number of likely N-dealkylation sites (N-methyl/N-ethyl adjacent to an activating group) is 1. The van der Waals surface area contributed by atoms with Crippen LogP contribution in [0, 0.1) is 0 Å². The number of carbonyl (C=O) groups excluding carboxylic acids is 2. The molecule has 2 rings (SSSR count). The van der Waals surface area contributed by atoms with E-state index in [4.69, 9.17) is 0 Å². The van der Waals surface area contributed by atoms with E-state index in [1.165, 1.54) is 10.5 Å². The summed E-state index contributed by atoms with van der Waals surface area (Å²) >= 11 is 0. The zero-order valence-corrected chi connectivity index (χ0v) is 17.3. The highest BCUT2D eigenvalue weighted by molar-refractivity contribution is 6.35. The van der Waals surface area contributed by atoms with Crippen molar-refractivity contribution in [2.75, 3.05) is 58.8 Å². The van der Waals surface area contributed by atoms with Crippen LogP contribution in [0.15, 0.2) is 24.3 Å². The van der Waals surface area contributed by atoms with Crippen LogP contribution in [0.3, 0.4) is 0 Å². The minimum atomic E-state index is -0.565. The van der Waals surface area contributed by atoms with E-state index in [0.717, 1.165) is 31.9 Å². The maximum absolute atomic E-state index is 12.1. The van der Waals surface area contributed by atoms with Crippen LogP contribution in [0.25, 0.3) is 0 Å². The van der Waals surface area contributed by atoms with E-state index in [1.54, 1.807) is 4.90 Å². The van der Waals surface area contributed by atoms with Gasteiger partial charge in [-0.25, -0.2) is 0 Å². The Hall–Kier alpha value is -2.12. The summed E-state index contributed by atoms with van der Waals surface area (Å²) in [6.45, 7) is 8.49. The molecular weight excluding hydrogens is 342 g/mol. The van der Waals surface area contributed by atoms with Gasteiger partial charge in [0.1, 0.15) is 32.2 Å². The van der Waals surface area contributed by atoms with Crippen LogP contribution in [0.2, 0.25) is 0 Å². The van der Waals surface area contributed by atoms with Gasteiger partial charge in [0.15, 0.2) is 0 Å². The molecule has 0 spiro atoms. The predicted octanol–water partition coefficient (Wildman–Crippen LogP) is -2.15. The first-order valence-corrected chi connectivity index (χ1v) is 9.79. The Morgan fingerprint density at radius 3 is 2.15 bits per heavy atom. The van der Waals surface area contributed by atoms with Gasteiger partial charge >= 0.3 is 11.8 Å². The van der Waals surface area contributed by atoms with Crippen LogP contribution in [-0.2, 0) is 9.59 Å². The van der Waals surface area contributed by atoms with Crippen molar-refractivity contribution in [3.05, 3.63) is 29.8 Å². The molecule has 7 nitrogen and oxygen atoms in total. The van der Waals surface area contributed by atoms with Gasteiger partial charge in [-0.2, -0.15) is 0 Å². The van der Waals surface area contributed by atoms with Crippen LogP contribution >= 0.6 is 0 Å². The number of nitrogens with one attached hydrogen (secondary N) is 4. The highest BCUT2D eigenvalue weighted by Gasteiger charge is 2.30. The highest BCUT2D eigenvalue weighted by Crippen LogP contribution is 2.16. The van der Waals surface area contributed by atoms with Crippen LogP contribution in [0.1, 0.15) is 25.5 Å². The number of benzene rings is 1. The fourth-order valence-electron chi connectivity index (χ4n) is 3.45. The first kappa shape index (κ1) is 21.2. The SMILES string of the molecule is CC(C)NC(=O)C(=O)NC[C@@H](c1ccc(N(C)C)cc1)[NH+]1CC[NH+](C)CC1. The second kappa shape index (κ2) is 9.71. The smallest absolute Gasteiger partial charge is 0.309 e. The number of carbonyl (C=O) groups is 2. The average Bonchev–Trinajstić information content (AvgIpc) is 2.63. The summed E-state index contributed by atoms with van der Waals surface area (Å²) in [7, 11) is 6.26. The summed E-state index contributed by atoms with van der Waals surface area (Å²) in [5, 5.41) is 5.49. The van der Waals surface area contributed by atoms with Gasteiger partial charge in [-0.3, -0.25) is 9.59 Å². The molecule has 1 aliphatic heterocycles. The van der Waals surface area contributed by atoms with Gasteiger partial charge in [-0.05, 0) is 26.0 Å². The van der Waals surface area contributed by atoms with Gasteiger partial charge < -0.3 is 25.3 Å². The molecule has 0 aromatic heterocycles. The summed E-state index contributed by atoms with van der Waals surface area (Å²) in [6.07, 6.45) is 0. The second-order valence-corrected chi connectivity index (χ2v) is 7.99. The molecule has 0 radical (unpaired) electrons. The number of amides is 2. The monoisotopic (exact) mass is 377 g/mol. The standard InChI is InChI=1S/C20H33N5O2/c1-15(2)22-20(27)19(26)21-14-18(25-12-10-24(5)11-13-25)16-6-8-17(9-7-16)23(3)4/h6-9,15,18H,10-14H2,1-5H3,(H,21,26)(H,22,27)/p+2/t18-/m0/s1. The van der Waals surface area contributed by atoms with Gasteiger partial charge in [0.05, 0.1) is 13.6 Å². The lowest BCUT2D eigenvalue weighted by molar-refractivity contribution is -1.02. The minimum absolute atomic E-state index is 0.0520. The molecule has 150 valence electrons. The fraction of sp³-hybridized carbons (Fsp3) is 0.600. The van der Waals surface area contributed by atoms with E-state index in [-0.39, 0.29) is 12.1 Å². The van der Waals surface area contributed by atoms with Crippen LogP contribution in [-0.4, -0.2) is 71.7 Å². The van der Waals surface area contributed by atoms with Crippen molar-refractivity contribution >= 4 is 17.5 Å². The third-order valence-electron chi connectivity index (χ3n) is 5.14. The molecule has 1 aromatic rings. The molecule has 0 aliphatic carbocycles. The third-order valence-corrected chi connectivity index (χ3v) is 5.14. The van der Waals surface area contributed by atoms with E-state index in [0.29, 0.717) is 6.54 Å². The van der Waals surface area contributed by atoms with Gasteiger partial charge in [0.2, 0.25) is 0 Å². The number of hydrogen-bond acceptors (Lipinski definition) is 3. The molecule has 1 fully saturated rings. The number of quaternary nitrogens is 2. The van der Waals surface area contributed by atoms with Crippen molar-refractivity contribution in [1.82, 2.24) is 10.6 Å². The Bertz CT molecular complexity index is 622. The largest absolute Gasteiger partial charge is 0.378 e. The maximum atomic E-state index is 12.1. The molecule has 0 bridgehead atoms. The van der Waals surface area contributed by atoms with E-state index in [9.17, 15) is 9.59 Å². The van der Waals surface area contributed by atoms with Crippen molar-refractivity contribution in [1.29, 1.82) is 0 Å². The zero-order chi connectivity index (χ0) is 20.0. The molecule has 1 heterocycles. The highest BCUT2D eigenvalue weighted by atomic mass is 16.2. The Kier molecular flexibility index (Phi) is 7.62. The number of rotatable bonds is 6. The summed E-state index contributed by atoms with van der Waals surface area (Å²) in [5.41, 5.74) is 2.34. The molecular formula is C20H35N5O2+2. The normalized spacial score (nSPS) is 20.8. The lowest BCUT2D eigenvalue weighted by Gasteiger charge is -2.33. The molecule has 4 N–H and O–H groups in total.